The maximum atomic E-state index is 12.2. The van der Waals surface area contributed by atoms with Crippen molar-refractivity contribution in [1.29, 1.82) is 0 Å². The van der Waals surface area contributed by atoms with E-state index in [0.29, 0.717) is 22.7 Å². The molecule has 1 aromatic heterocycles. The van der Waals surface area contributed by atoms with Crippen LogP contribution in [-0.4, -0.2) is 12.6 Å². The first-order valence-electron chi connectivity index (χ1n) is 6.58. The Balaban J connectivity index is 2.66. The van der Waals surface area contributed by atoms with E-state index < -0.39 is 0 Å². The van der Waals surface area contributed by atoms with Gasteiger partial charge in [0, 0.05) is 14.9 Å². The second-order valence-corrected chi connectivity index (χ2v) is 6.29. The summed E-state index contributed by atoms with van der Waals surface area (Å²) in [6.07, 6.45) is 0.727. The minimum Gasteiger partial charge on any atom is -0.462 e. The van der Waals surface area contributed by atoms with Crippen LogP contribution in [0.15, 0.2) is 28.7 Å². The molecule has 0 bridgehead atoms. The molecule has 0 aliphatic rings. The minimum absolute atomic E-state index is 0.325. The molecule has 0 aliphatic heterocycles. The summed E-state index contributed by atoms with van der Waals surface area (Å²) in [6.45, 7) is 11.5. The SMILES string of the molecule is [C-]#[N+]c1c(CC)sc(C(=O)OCC)c1-c1ccc(Br)cc1. The van der Waals surface area contributed by atoms with Crippen LogP contribution in [0.1, 0.15) is 28.4 Å². The monoisotopic (exact) mass is 363 g/mol. The number of ether oxygens (including phenoxy) is 1. The third-order valence-electron chi connectivity index (χ3n) is 2.98. The summed E-state index contributed by atoms with van der Waals surface area (Å²) in [5.41, 5.74) is 2.12. The first-order valence-corrected chi connectivity index (χ1v) is 8.19. The van der Waals surface area contributed by atoms with Crippen LogP contribution in [0, 0.1) is 6.57 Å². The molecule has 0 saturated heterocycles. The van der Waals surface area contributed by atoms with Crippen LogP contribution in [0.3, 0.4) is 0 Å². The Bertz CT molecular complexity index is 698. The second-order valence-electron chi connectivity index (χ2n) is 4.27. The van der Waals surface area contributed by atoms with Crippen molar-refractivity contribution in [3.05, 3.63) is 49.9 Å². The van der Waals surface area contributed by atoms with Gasteiger partial charge in [-0.2, -0.15) is 0 Å². The van der Waals surface area contributed by atoms with Crippen LogP contribution in [0.2, 0.25) is 0 Å². The van der Waals surface area contributed by atoms with Crippen LogP contribution >= 0.6 is 27.3 Å². The van der Waals surface area contributed by atoms with E-state index in [1.807, 2.05) is 31.2 Å². The van der Waals surface area contributed by atoms with Crippen molar-refractivity contribution in [3.63, 3.8) is 0 Å². The summed E-state index contributed by atoms with van der Waals surface area (Å²) in [5, 5.41) is 0. The number of rotatable bonds is 4. The Morgan fingerprint density at radius 3 is 2.52 bits per heavy atom. The highest BCUT2D eigenvalue weighted by Crippen LogP contribution is 2.43. The summed E-state index contributed by atoms with van der Waals surface area (Å²) in [6, 6.07) is 7.62. The number of hydrogen-bond donors (Lipinski definition) is 0. The lowest BCUT2D eigenvalue weighted by molar-refractivity contribution is 0.0533. The van der Waals surface area contributed by atoms with E-state index in [4.69, 9.17) is 11.3 Å². The summed E-state index contributed by atoms with van der Waals surface area (Å²) in [4.78, 5) is 17.3. The van der Waals surface area contributed by atoms with Crippen molar-refractivity contribution in [3.8, 4) is 11.1 Å². The zero-order valence-corrected chi connectivity index (χ0v) is 14.2. The molecule has 0 amide bonds. The van der Waals surface area contributed by atoms with E-state index in [9.17, 15) is 4.79 Å². The molecule has 21 heavy (non-hydrogen) atoms. The fraction of sp³-hybridized carbons (Fsp3) is 0.250. The average molecular weight is 364 g/mol. The van der Waals surface area contributed by atoms with E-state index >= 15 is 0 Å². The van der Waals surface area contributed by atoms with Crippen LogP contribution in [0.5, 0.6) is 0 Å². The Morgan fingerprint density at radius 2 is 2.00 bits per heavy atom. The Labute approximate surface area is 136 Å². The topological polar surface area (TPSA) is 30.7 Å². The number of hydrogen-bond acceptors (Lipinski definition) is 3. The first-order chi connectivity index (χ1) is 10.1. The molecular formula is C16H14BrNO2S. The van der Waals surface area contributed by atoms with Crippen molar-refractivity contribution in [2.75, 3.05) is 6.61 Å². The van der Waals surface area contributed by atoms with E-state index in [1.165, 1.54) is 11.3 Å². The molecule has 0 fully saturated rings. The number of benzene rings is 1. The van der Waals surface area contributed by atoms with Gasteiger partial charge in [0.2, 0.25) is 5.69 Å². The van der Waals surface area contributed by atoms with Crippen molar-refractivity contribution in [2.45, 2.75) is 20.3 Å². The molecule has 0 N–H and O–H groups in total. The van der Waals surface area contributed by atoms with Gasteiger partial charge >= 0.3 is 5.97 Å². The van der Waals surface area contributed by atoms with Gasteiger partial charge < -0.3 is 4.74 Å². The Kier molecular flexibility index (Phi) is 5.16. The Hall–Kier alpha value is -1.64. The molecule has 1 heterocycles. The van der Waals surface area contributed by atoms with E-state index in [2.05, 4.69) is 20.8 Å². The third-order valence-corrected chi connectivity index (χ3v) is 4.81. The second kappa shape index (κ2) is 6.88. The van der Waals surface area contributed by atoms with Gasteiger partial charge in [0.25, 0.3) is 0 Å². The first kappa shape index (κ1) is 15.7. The highest BCUT2D eigenvalue weighted by molar-refractivity contribution is 9.10. The summed E-state index contributed by atoms with van der Waals surface area (Å²) in [5.74, 6) is -0.356. The number of thiophene rings is 1. The van der Waals surface area contributed by atoms with Crippen molar-refractivity contribution >= 4 is 38.9 Å². The lowest BCUT2D eigenvalue weighted by Crippen LogP contribution is -2.03. The van der Waals surface area contributed by atoms with Gasteiger partial charge in [-0.15, -0.1) is 11.3 Å². The van der Waals surface area contributed by atoms with Crippen molar-refractivity contribution in [1.82, 2.24) is 0 Å². The number of esters is 1. The van der Waals surface area contributed by atoms with Gasteiger partial charge in [-0.05, 0) is 31.0 Å². The number of aryl methyl sites for hydroxylation is 1. The zero-order valence-electron chi connectivity index (χ0n) is 11.8. The summed E-state index contributed by atoms with van der Waals surface area (Å²) < 4.78 is 6.09. The van der Waals surface area contributed by atoms with Crippen LogP contribution in [-0.2, 0) is 11.2 Å². The largest absolute Gasteiger partial charge is 0.462 e. The van der Waals surface area contributed by atoms with E-state index in [-0.39, 0.29) is 5.97 Å². The highest BCUT2D eigenvalue weighted by atomic mass is 79.9. The van der Waals surface area contributed by atoms with Crippen molar-refractivity contribution in [2.24, 2.45) is 0 Å². The predicted octanol–water partition coefficient (Wildman–Crippen LogP) is 5.47. The molecule has 3 nitrogen and oxygen atoms in total. The fourth-order valence-electron chi connectivity index (χ4n) is 2.05. The third kappa shape index (κ3) is 3.17. The molecular weight excluding hydrogens is 350 g/mol. The number of carbonyl (C=O) groups is 1. The average Bonchev–Trinajstić information content (AvgIpc) is 2.87. The summed E-state index contributed by atoms with van der Waals surface area (Å²) >= 11 is 4.75. The lowest BCUT2D eigenvalue weighted by Gasteiger charge is -2.05. The molecule has 0 saturated carbocycles. The molecule has 0 aliphatic carbocycles. The van der Waals surface area contributed by atoms with Gasteiger partial charge in [-0.1, -0.05) is 35.0 Å². The maximum Gasteiger partial charge on any atom is 0.347 e. The van der Waals surface area contributed by atoms with Gasteiger partial charge in [-0.25, -0.2) is 9.64 Å². The summed E-state index contributed by atoms with van der Waals surface area (Å²) in [7, 11) is 0. The minimum atomic E-state index is -0.356. The van der Waals surface area contributed by atoms with E-state index in [1.54, 1.807) is 6.92 Å². The molecule has 0 radical (unpaired) electrons. The predicted molar refractivity (Wildman–Crippen MR) is 89.1 cm³/mol. The number of halogens is 1. The molecule has 0 unspecified atom stereocenters. The quantitative estimate of drug-likeness (QED) is 0.532. The van der Waals surface area contributed by atoms with Gasteiger partial charge in [0.05, 0.1) is 13.2 Å². The van der Waals surface area contributed by atoms with Gasteiger partial charge in [0.15, 0.2) is 0 Å². The number of carbonyl (C=O) groups excluding carboxylic acids is 1. The molecule has 2 aromatic rings. The highest BCUT2D eigenvalue weighted by Gasteiger charge is 2.24. The lowest BCUT2D eigenvalue weighted by atomic mass is 10.0. The Morgan fingerprint density at radius 1 is 1.33 bits per heavy atom. The standard InChI is InChI=1S/C16H14BrNO2S/c1-4-12-14(18-3)13(10-6-8-11(17)9-7-10)15(21-12)16(19)20-5-2/h6-9H,4-5H2,1-2H3. The fourth-order valence-corrected chi connectivity index (χ4v) is 3.41. The van der Waals surface area contributed by atoms with Crippen molar-refractivity contribution < 1.29 is 9.53 Å². The molecule has 5 heteroatoms. The van der Waals surface area contributed by atoms with Gasteiger partial charge in [0.1, 0.15) is 4.88 Å². The number of nitrogens with zero attached hydrogens (tertiary/aromatic N) is 1. The molecule has 108 valence electrons. The normalized spacial score (nSPS) is 10.2. The molecule has 0 atom stereocenters. The van der Waals surface area contributed by atoms with Crippen LogP contribution in [0.25, 0.3) is 16.0 Å². The smallest absolute Gasteiger partial charge is 0.347 e. The van der Waals surface area contributed by atoms with E-state index in [0.717, 1.165) is 21.3 Å². The molecule has 2 rings (SSSR count). The molecule has 1 aromatic carbocycles. The van der Waals surface area contributed by atoms with Gasteiger partial charge in [-0.3, -0.25) is 0 Å². The van der Waals surface area contributed by atoms with Crippen LogP contribution in [0.4, 0.5) is 5.69 Å². The van der Waals surface area contributed by atoms with Crippen LogP contribution < -0.4 is 0 Å². The maximum absolute atomic E-state index is 12.2. The zero-order chi connectivity index (χ0) is 15.4. The molecule has 0 spiro atoms.